The van der Waals surface area contributed by atoms with Gasteiger partial charge in [0.05, 0.1) is 9.26 Å². The van der Waals surface area contributed by atoms with Gasteiger partial charge in [0.25, 0.3) is 0 Å². The third-order valence-electron chi connectivity index (χ3n) is 3.48. The lowest BCUT2D eigenvalue weighted by molar-refractivity contribution is -0.100. The van der Waals surface area contributed by atoms with E-state index in [1.807, 2.05) is 0 Å². The molecule has 1 aliphatic heterocycles. The van der Waals surface area contributed by atoms with Crippen molar-refractivity contribution in [3.05, 3.63) is 20.2 Å². The van der Waals surface area contributed by atoms with Crippen molar-refractivity contribution in [3.63, 3.8) is 0 Å². The van der Waals surface area contributed by atoms with Gasteiger partial charge in [-0.3, -0.25) is 0 Å². The fourth-order valence-corrected chi connectivity index (χ4v) is 3.28. The molecule has 0 saturated carbocycles. The highest BCUT2D eigenvalue weighted by atomic mass is 127. The summed E-state index contributed by atoms with van der Waals surface area (Å²) in [5.74, 6) is 0.993. The van der Waals surface area contributed by atoms with E-state index in [1.165, 1.54) is 0 Å². The number of methoxy groups -OCH3 is 1. The predicted molar refractivity (Wildman–Crippen MR) is 82.6 cm³/mol. The van der Waals surface area contributed by atoms with Crippen LogP contribution in [0.5, 0.6) is 0 Å². The second-order valence-electron chi connectivity index (χ2n) is 5.00. The summed E-state index contributed by atoms with van der Waals surface area (Å²) in [4.78, 5) is 9.16. The van der Waals surface area contributed by atoms with Crippen molar-refractivity contribution in [1.29, 1.82) is 0 Å². The second kappa shape index (κ2) is 6.20. The van der Waals surface area contributed by atoms with Gasteiger partial charge >= 0.3 is 0 Å². The van der Waals surface area contributed by atoms with Crippen molar-refractivity contribution in [3.8, 4) is 0 Å². The zero-order valence-electron chi connectivity index (χ0n) is 11.4. The van der Waals surface area contributed by atoms with E-state index in [1.54, 1.807) is 7.11 Å². The summed E-state index contributed by atoms with van der Waals surface area (Å²) in [5.41, 5.74) is 0.522. The highest BCUT2D eigenvalue weighted by molar-refractivity contribution is 14.1. The van der Waals surface area contributed by atoms with Crippen LogP contribution in [0.4, 0.5) is 0 Å². The van der Waals surface area contributed by atoms with Crippen LogP contribution in [-0.4, -0.2) is 30.3 Å². The van der Waals surface area contributed by atoms with Gasteiger partial charge in [-0.25, -0.2) is 9.97 Å². The van der Waals surface area contributed by atoms with Crippen molar-refractivity contribution < 1.29 is 9.47 Å². The molecule has 2 heterocycles. The van der Waals surface area contributed by atoms with Gasteiger partial charge in [0.15, 0.2) is 5.82 Å². The molecule has 0 aliphatic carbocycles. The van der Waals surface area contributed by atoms with Gasteiger partial charge in [0, 0.05) is 33.2 Å². The molecular weight excluding hydrogens is 379 g/mol. The second-order valence-corrected chi connectivity index (χ2v) is 6.44. The van der Waals surface area contributed by atoms with Gasteiger partial charge in [0.1, 0.15) is 10.8 Å². The molecule has 0 N–H and O–H groups in total. The summed E-state index contributed by atoms with van der Waals surface area (Å²) in [6.45, 7) is 5.54. The number of aromatic nitrogens is 2. The van der Waals surface area contributed by atoms with Crippen molar-refractivity contribution in [2.75, 3.05) is 20.3 Å². The Kier molecular flexibility index (Phi) is 5.03. The fraction of sp³-hybridized carbons (Fsp3) is 0.692. The first-order valence-electron chi connectivity index (χ1n) is 6.36. The van der Waals surface area contributed by atoms with Crippen LogP contribution in [0.15, 0.2) is 0 Å². The van der Waals surface area contributed by atoms with E-state index in [2.05, 4.69) is 41.4 Å². The Hall–Kier alpha value is 0.0200. The number of hydrogen-bond donors (Lipinski definition) is 0. The fourth-order valence-electron chi connectivity index (χ4n) is 2.24. The highest BCUT2D eigenvalue weighted by Crippen LogP contribution is 2.36. The van der Waals surface area contributed by atoms with Gasteiger partial charge in [0.2, 0.25) is 0 Å². The van der Waals surface area contributed by atoms with E-state index in [4.69, 9.17) is 26.1 Å². The Morgan fingerprint density at radius 1 is 1.32 bits per heavy atom. The van der Waals surface area contributed by atoms with Crippen LogP contribution in [0.25, 0.3) is 0 Å². The molecule has 0 atom stereocenters. The first-order chi connectivity index (χ1) is 9.00. The zero-order valence-corrected chi connectivity index (χ0v) is 14.3. The molecule has 1 saturated heterocycles. The maximum Gasteiger partial charge on any atom is 0.162 e. The zero-order chi connectivity index (χ0) is 14.0. The Bertz CT molecular complexity index is 462. The van der Waals surface area contributed by atoms with Crippen LogP contribution in [0.3, 0.4) is 0 Å². The van der Waals surface area contributed by atoms with Gasteiger partial charge < -0.3 is 9.47 Å². The molecule has 0 radical (unpaired) electrons. The number of rotatable bonds is 3. The normalized spacial score (nSPS) is 18.8. The van der Waals surface area contributed by atoms with Gasteiger partial charge in [-0.2, -0.15) is 0 Å². The minimum Gasteiger partial charge on any atom is -0.381 e. The SMILES string of the molecule is COC1(c2nc(Cl)c(I)c(C(C)C)n2)CCOCC1. The van der Waals surface area contributed by atoms with Crippen LogP contribution in [0.1, 0.15) is 44.1 Å². The number of nitrogens with zero attached hydrogens (tertiary/aromatic N) is 2. The smallest absolute Gasteiger partial charge is 0.162 e. The molecule has 1 aromatic rings. The summed E-state index contributed by atoms with van der Waals surface area (Å²) in [5, 5.41) is 0.511. The Balaban J connectivity index is 2.49. The summed E-state index contributed by atoms with van der Waals surface area (Å²) < 4.78 is 12.1. The monoisotopic (exact) mass is 396 g/mol. The largest absolute Gasteiger partial charge is 0.381 e. The summed E-state index contributed by atoms with van der Waals surface area (Å²) >= 11 is 8.46. The van der Waals surface area contributed by atoms with E-state index in [-0.39, 0.29) is 0 Å². The van der Waals surface area contributed by atoms with E-state index in [0.29, 0.717) is 30.1 Å². The Morgan fingerprint density at radius 3 is 2.47 bits per heavy atom. The maximum atomic E-state index is 6.26. The first-order valence-corrected chi connectivity index (χ1v) is 7.82. The molecule has 0 amide bonds. The maximum absolute atomic E-state index is 6.26. The van der Waals surface area contributed by atoms with Crippen LogP contribution in [0.2, 0.25) is 5.15 Å². The number of halogens is 2. The lowest BCUT2D eigenvalue weighted by Crippen LogP contribution is -2.37. The molecule has 2 rings (SSSR count). The third-order valence-corrected chi connectivity index (χ3v) is 5.14. The van der Waals surface area contributed by atoms with Crippen LogP contribution in [-0.2, 0) is 15.1 Å². The van der Waals surface area contributed by atoms with E-state index < -0.39 is 5.60 Å². The molecular formula is C13H18ClIN2O2. The topological polar surface area (TPSA) is 44.2 Å². The molecule has 1 fully saturated rings. The summed E-state index contributed by atoms with van der Waals surface area (Å²) in [6.07, 6.45) is 1.52. The van der Waals surface area contributed by atoms with E-state index in [0.717, 1.165) is 22.1 Å². The lowest BCUT2D eigenvalue weighted by Gasteiger charge is -2.34. The van der Waals surface area contributed by atoms with Gasteiger partial charge in [-0.15, -0.1) is 0 Å². The number of ether oxygens (including phenoxy) is 2. The molecule has 0 aromatic carbocycles. The van der Waals surface area contributed by atoms with Crippen molar-refractivity contribution in [2.45, 2.75) is 38.2 Å². The Morgan fingerprint density at radius 2 is 1.95 bits per heavy atom. The molecule has 0 spiro atoms. The lowest BCUT2D eigenvalue weighted by atomic mass is 9.92. The highest BCUT2D eigenvalue weighted by Gasteiger charge is 2.38. The Labute approximate surface area is 132 Å². The first kappa shape index (κ1) is 15.4. The van der Waals surface area contributed by atoms with Crippen LogP contribution >= 0.6 is 34.2 Å². The average molecular weight is 397 g/mol. The molecule has 0 bridgehead atoms. The van der Waals surface area contributed by atoms with Gasteiger partial charge in [-0.05, 0) is 28.5 Å². The number of hydrogen-bond acceptors (Lipinski definition) is 4. The van der Waals surface area contributed by atoms with E-state index >= 15 is 0 Å². The van der Waals surface area contributed by atoms with Crippen LogP contribution in [0, 0.1) is 3.57 Å². The van der Waals surface area contributed by atoms with E-state index in [9.17, 15) is 0 Å². The minimum atomic E-state index is -0.462. The van der Waals surface area contributed by atoms with Crippen LogP contribution < -0.4 is 0 Å². The molecule has 4 nitrogen and oxygen atoms in total. The molecule has 19 heavy (non-hydrogen) atoms. The molecule has 0 unspecified atom stereocenters. The van der Waals surface area contributed by atoms with Crippen molar-refractivity contribution in [2.24, 2.45) is 0 Å². The summed E-state index contributed by atoms with van der Waals surface area (Å²) in [6, 6.07) is 0. The summed E-state index contributed by atoms with van der Waals surface area (Å²) in [7, 11) is 1.70. The van der Waals surface area contributed by atoms with Crippen molar-refractivity contribution in [1.82, 2.24) is 9.97 Å². The predicted octanol–water partition coefficient (Wildman–Crippen LogP) is 3.51. The molecule has 6 heteroatoms. The standard InChI is InChI=1S/C13H18ClIN2O2/c1-8(2)10-9(15)11(14)17-12(16-10)13(18-3)4-6-19-7-5-13/h8H,4-7H2,1-3H3. The average Bonchev–Trinajstić information content (AvgIpc) is 2.42. The molecule has 1 aliphatic rings. The van der Waals surface area contributed by atoms with Crippen molar-refractivity contribution >= 4 is 34.2 Å². The molecule has 106 valence electrons. The van der Waals surface area contributed by atoms with Gasteiger partial charge in [-0.1, -0.05) is 25.4 Å². The molecule has 1 aromatic heterocycles. The quantitative estimate of drug-likeness (QED) is 0.579. The minimum absolute atomic E-state index is 0.305. The third kappa shape index (κ3) is 3.04.